The van der Waals surface area contributed by atoms with E-state index in [2.05, 4.69) is 9.97 Å². The van der Waals surface area contributed by atoms with Crippen LogP contribution in [0.1, 0.15) is 66.2 Å². The third-order valence-electron chi connectivity index (χ3n) is 7.17. The quantitative estimate of drug-likeness (QED) is 0.372. The van der Waals surface area contributed by atoms with Gasteiger partial charge in [0, 0.05) is 43.5 Å². The van der Waals surface area contributed by atoms with Crippen molar-refractivity contribution in [3.8, 4) is 0 Å². The molecule has 0 saturated carbocycles. The minimum atomic E-state index is -9.78. The number of hydrogen-bond donors (Lipinski definition) is 1. The van der Waals surface area contributed by atoms with Gasteiger partial charge in [-0.15, -0.1) is 0 Å². The first-order valence-electron chi connectivity index (χ1n) is 11.9. The molecule has 0 bridgehead atoms. The molecule has 2 saturated heterocycles. The van der Waals surface area contributed by atoms with Crippen molar-refractivity contribution in [3.05, 3.63) is 53.5 Å². The van der Waals surface area contributed by atoms with Gasteiger partial charge >= 0.3 is 10.2 Å². The number of carbonyl (C=O) groups excluding carboxylic acids is 1. The van der Waals surface area contributed by atoms with Crippen molar-refractivity contribution in [1.82, 2.24) is 19.9 Å². The van der Waals surface area contributed by atoms with Crippen LogP contribution < -0.4 is 0 Å². The van der Waals surface area contributed by atoms with Crippen molar-refractivity contribution in [3.63, 3.8) is 0 Å². The van der Waals surface area contributed by atoms with E-state index in [4.69, 9.17) is 9.72 Å². The van der Waals surface area contributed by atoms with Gasteiger partial charge in [0.15, 0.2) is 5.65 Å². The molecule has 2 atom stereocenters. The van der Waals surface area contributed by atoms with Crippen LogP contribution in [0.3, 0.4) is 0 Å². The van der Waals surface area contributed by atoms with Crippen LogP contribution in [0, 0.1) is 0 Å². The van der Waals surface area contributed by atoms with Crippen LogP contribution in [0.25, 0.3) is 11.2 Å². The second-order valence-corrected chi connectivity index (χ2v) is 12.1. The van der Waals surface area contributed by atoms with Gasteiger partial charge in [0.2, 0.25) is 0 Å². The highest BCUT2D eigenvalue weighted by Gasteiger charge is 2.65. The van der Waals surface area contributed by atoms with Crippen molar-refractivity contribution in [2.24, 2.45) is 0 Å². The first kappa shape index (κ1) is 24.9. The molecule has 2 aliphatic rings. The Morgan fingerprint density at radius 2 is 1.72 bits per heavy atom. The highest BCUT2D eigenvalue weighted by atomic mass is 32.5. The van der Waals surface area contributed by atoms with Gasteiger partial charge < -0.3 is 14.6 Å². The van der Waals surface area contributed by atoms with E-state index in [9.17, 15) is 24.2 Å². The van der Waals surface area contributed by atoms with E-state index in [0.29, 0.717) is 44.2 Å². The number of carbonyl (C=O) groups is 1. The molecule has 0 spiro atoms. The molecule has 2 aromatic heterocycles. The maximum absolute atomic E-state index is 13.0. The molecule has 2 aliphatic heterocycles. The summed E-state index contributed by atoms with van der Waals surface area (Å²) in [5.41, 5.74) is 2.57. The van der Waals surface area contributed by atoms with Crippen molar-refractivity contribution >= 4 is 27.3 Å². The number of imidazole rings is 1. The summed E-state index contributed by atoms with van der Waals surface area (Å²) in [7, 11) is -9.78. The summed E-state index contributed by atoms with van der Waals surface area (Å²) in [6.45, 7) is 3.67. The first-order valence-corrected chi connectivity index (χ1v) is 13.8. The average molecular weight is 531 g/mol. The zero-order valence-electron chi connectivity index (χ0n) is 19.6. The lowest BCUT2D eigenvalue weighted by molar-refractivity contribution is 0.0616. The molecule has 196 valence electrons. The lowest BCUT2D eigenvalue weighted by Crippen LogP contribution is -2.44. The number of nitrogens with one attached hydrogen (secondary N) is 1. The topological polar surface area (TPSA) is 71.1 Å². The van der Waals surface area contributed by atoms with E-state index in [-0.39, 0.29) is 29.7 Å². The maximum Gasteiger partial charge on any atom is 0.310 e. The van der Waals surface area contributed by atoms with Gasteiger partial charge in [0.1, 0.15) is 10.7 Å². The molecule has 0 radical (unpaired) electrons. The summed E-state index contributed by atoms with van der Waals surface area (Å²) < 4.78 is 70.5. The van der Waals surface area contributed by atoms with Crippen LogP contribution in [0.15, 0.2) is 41.4 Å². The Bertz CT molecular complexity index is 1290. The summed E-state index contributed by atoms with van der Waals surface area (Å²) in [6, 6.07) is 3.98. The van der Waals surface area contributed by atoms with E-state index in [1.54, 1.807) is 11.1 Å². The number of pyridine rings is 1. The first-order chi connectivity index (χ1) is 16.8. The van der Waals surface area contributed by atoms with Gasteiger partial charge in [-0.2, -0.15) is 0 Å². The van der Waals surface area contributed by atoms with Gasteiger partial charge in [-0.3, -0.25) is 4.79 Å². The molecule has 3 aromatic rings. The standard InChI is InChI=1S/C24H27F5N4O2S/c1-15-14-18(20-6-10-30-23-21(20)31-22(32-23)16-8-12-35-13-9-16)7-11-33(15)24(34)17-2-4-19(5-3-17)36(25,26,27,28)29/h2-6,10,15-16,18H,7-9,11-14H2,1H3,(H,30,31,32)/t15-,18-/m1/s1. The Kier molecular flexibility index (Phi) is 5.64. The summed E-state index contributed by atoms with van der Waals surface area (Å²) in [5.74, 6) is 0.861. The minimum Gasteiger partial charge on any atom is -0.381 e. The molecule has 12 heteroatoms. The Hall–Kier alpha value is -2.73. The highest BCUT2D eigenvalue weighted by Crippen LogP contribution is 3.02. The Morgan fingerprint density at radius 1 is 1.03 bits per heavy atom. The van der Waals surface area contributed by atoms with Crippen LogP contribution in [0.2, 0.25) is 0 Å². The molecule has 5 rings (SSSR count). The van der Waals surface area contributed by atoms with E-state index < -0.39 is 21.0 Å². The summed E-state index contributed by atoms with van der Waals surface area (Å²) in [5, 5.41) is 0. The zero-order valence-corrected chi connectivity index (χ0v) is 20.4. The number of hydrogen-bond acceptors (Lipinski definition) is 4. The van der Waals surface area contributed by atoms with Gasteiger partial charge in [0.05, 0.1) is 5.52 Å². The number of benzene rings is 1. The third kappa shape index (κ3) is 4.93. The smallest absolute Gasteiger partial charge is 0.310 e. The number of nitrogens with zero attached hydrogens (tertiary/aromatic N) is 3. The van der Waals surface area contributed by atoms with Crippen molar-refractivity contribution in [2.45, 2.75) is 55.4 Å². The zero-order chi connectivity index (χ0) is 25.8. The number of aromatic amines is 1. The van der Waals surface area contributed by atoms with Gasteiger partial charge in [0.25, 0.3) is 5.91 Å². The monoisotopic (exact) mass is 530 g/mol. The number of ether oxygens (including phenoxy) is 1. The average Bonchev–Trinajstić information content (AvgIpc) is 3.27. The van der Waals surface area contributed by atoms with Crippen LogP contribution >= 0.6 is 10.2 Å². The lowest BCUT2D eigenvalue weighted by Gasteiger charge is -2.40. The van der Waals surface area contributed by atoms with Gasteiger partial charge in [-0.05, 0) is 74.4 Å². The maximum atomic E-state index is 13.0. The molecule has 36 heavy (non-hydrogen) atoms. The van der Waals surface area contributed by atoms with Gasteiger partial charge in [-0.25, -0.2) is 9.97 Å². The molecular weight excluding hydrogens is 503 g/mol. The van der Waals surface area contributed by atoms with E-state index in [0.717, 1.165) is 41.9 Å². The van der Waals surface area contributed by atoms with Crippen LogP contribution in [-0.2, 0) is 4.74 Å². The number of H-pyrrole nitrogens is 1. The normalized spacial score (nSPS) is 23.9. The SMILES string of the molecule is C[C@@H]1C[C@H](c2ccnc3nc(C4CCOCC4)[nH]c23)CCN1C(=O)c1ccc(S(F)(F)(F)(F)F)cc1. The van der Waals surface area contributed by atoms with Crippen LogP contribution in [0.4, 0.5) is 19.4 Å². The van der Waals surface area contributed by atoms with E-state index >= 15 is 0 Å². The second kappa shape index (κ2) is 8.14. The molecule has 6 nitrogen and oxygen atoms in total. The molecule has 1 amide bonds. The Labute approximate surface area is 205 Å². The molecule has 2 fully saturated rings. The molecule has 1 aromatic carbocycles. The van der Waals surface area contributed by atoms with E-state index in [1.807, 2.05) is 13.0 Å². The van der Waals surface area contributed by atoms with Crippen LogP contribution in [-0.4, -0.2) is 51.6 Å². The number of aromatic nitrogens is 3. The molecule has 0 aliphatic carbocycles. The van der Waals surface area contributed by atoms with Crippen molar-refractivity contribution < 1.29 is 29.0 Å². The molecule has 4 heterocycles. The molecule has 0 unspecified atom stereocenters. The minimum absolute atomic E-state index is 0.0492. The summed E-state index contributed by atoms with van der Waals surface area (Å²) in [6.07, 6.45) is 4.81. The fourth-order valence-corrected chi connectivity index (χ4v) is 5.88. The largest absolute Gasteiger partial charge is 0.381 e. The third-order valence-corrected chi connectivity index (χ3v) is 8.34. The number of halogens is 5. The highest BCUT2D eigenvalue weighted by molar-refractivity contribution is 8.45. The second-order valence-electron chi connectivity index (χ2n) is 9.67. The Morgan fingerprint density at radius 3 is 2.36 bits per heavy atom. The lowest BCUT2D eigenvalue weighted by atomic mass is 9.85. The van der Waals surface area contributed by atoms with Crippen LogP contribution in [0.5, 0.6) is 0 Å². The number of amides is 1. The summed E-state index contributed by atoms with van der Waals surface area (Å²) >= 11 is 0. The number of piperidine rings is 1. The number of rotatable bonds is 4. The number of fused-ring (bicyclic) bond motifs is 1. The fraction of sp³-hybridized carbons (Fsp3) is 0.458. The fourth-order valence-electron chi connectivity index (χ4n) is 5.23. The molecular formula is C24H27F5N4O2S. The molecule has 1 N–H and O–H groups in total. The summed E-state index contributed by atoms with van der Waals surface area (Å²) in [4.78, 5) is 25.2. The van der Waals surface area contributed by atoms with Gasteiger partial charge in [-0.1, -0.05) is 19.4 Å². The van der Waals surface area contributed by atoms with Crippen molar-refractivity contribution in [2.75, 3.05) is 19.8 Å². The predicted octanol–water partition coefficient (Wildman–Crippen LogP) is 6.92. The Balaban J connectivity index is 1.32. The van der Waals surface area contributed by atoms with E-state index in [1.165, 1.54) is 0 Å². The predicted molar refractivity (Wildman–Crippen MR) is 127 cm³/mol. The number of likely N-dealkylation sites (tertiary alicyclic amines) is 1. The van der Waals surface area contributed by atoms with Crippen molar-refractivity contribution in [1.29, 1.82) is 0 Å².